The molecule has 0 spiro atoms. The van der Waals surface area contributed by atoms with Gasteiger partial charge < -0.3 is 4.42 Å². The van der Waals surface area contributed by atoms with E-state index in [0.29, 0.717) is 0 Å². The van der Waals surface area contributed by atoms with Crippen LogP contribution in [0, 0.1) is 6.92 Å². The average molecular weight is 228 g/mol. The molecular weight excluding hydrogens is 208 g/mol. The molecule has 2 rings (SSSR count). The maximum absolute atomic E-state index is 5.82. The molecule has 0 aliphatic rings. The molecule has 0 fully saturated rings. The molecule has 0 aliphatic heterocycles. The van der Waals surface area contributed by atoms with Crippen molar-refractivity contribution < 1.29 is 4.42 Å². The van der Waals surface area contributed by atoms with E-state index in [1.807, 2.05) is 13.0 Å². The number of rotatable bonds is 5. The van der Waals surface area contributed by atoms with Crippen molar-refractivity contribution in [1.29, 1.82) is 0 Å². The van der Waals surface area contributed by atoms with Crippen molar-refractivity contribution in [3.8, 4) is 11.1 Å². The van der Waals surface area contributed by atoms with Gasteiger partial charge in [0.2, 0.25) is 0 Å². The molecule has 2 aromatic rings. The van der Waals surface area contributed by atoms with Gasteiger partial charge in [-0.15, -0.1) is 0 Å². The van der Waals surface area contributed by atoms with Crippen molar-refractivity contribution in [2.45, 2.75) is 39.5 Å². The van der Waals surface area contributed by atoms with Gasteiger partial charge in [0.05, 0.1) is 0 Å². The molecule has 90 valence electrons. The smallest absolute Gasteiger partial charge is 0.111 e. The first-order valence-corrected chi connectivity index (χ1v) is 6.46. The monoisotopic (exact) mass is 228 g/mol. The summed E-state index contributed by atoms with van der Waals surface area (Å²) in [7, 11) is 0. The van der Waals surface area contributed by atoms with Gasteiger partial charge in [-0.1, -0.05) is 50.1 Å². The van der Waals surface area contributed by atoms with Crippen LogP contribution in [0.1, 0.15) is 37.7 Å². The van der Waals surface area contributed by atoms with Gasteiger partial charge in [-0.25, -0.2) is 0 Å². The van der Waals surface area contributed by atoms with Gasteiger partial charge in [0.15, 0.2) is 0 Å². The molecule has 17 heavy (non-hydrogen) atoms. The van der Waals surface area contributed by atoms with Crippen LogP contribution in [0.3, 0.4) is 0 Å². The first-order chi connectivity index (χ1) is 8.31. The quantitative estimate of drug-likeness (QED) is 0.657. The first kappa shape index (κ1) is 12.0. The minimum Gasteiger partial charge on any atom is -0.466 e. The molecule has 1 nitrogen and oxygen atoms in total. The second-order valence-electron chi connectivity index (χ2n) is 4.52. The zero-order chi connectivity index (χ0) is 12.1. The predicted molar refractivity (Wildman–Crippen MR) is 72.1 cm³/mol. The minimum absolute atomic E-state index is 1.01. The van der Waals surface area contributed by atoms with Gasteiger partial charge in [0, 0.05) is 12.0 Å². The zero-order valence-electron chi connectivity index (χ0n) is 10.7. The summed E-state index contributed by atoms with van der Waals surface area (Å²) in [5.41, 5.74) is 2.52. The molecule has 1 heteroatoms. The lowest BCUT2D eigenvalue weighted by Crippen LogP contribution is -1.86. The minimum atomic E-state index is 1.01. The van der Waals surface area contributed by atoms with E-state index >= 15 is 0 Å². The molecule has 1 aromatic heterocycles. The van der Waals surface area contributed by atoms with Crippen molar-refractivity contribution in [1.82, 2.24) is 0 Å². The van der Waals surface area contributed by atoms with Gasteiger partial charge in [0.1, 0.15) is 11.5 Å². The summed E-state index contributed by atoms with van der Waals surface area (Å²) in [4.78, 5) is 0. The fourth-order valence-electron chi connectivity index (χ4n) is 2.15. The Morgan fingerprint density at radius 3 is 2.53 bits per heavy atom. The summed E-state index contributed by atoms with van der Waals surface area (Å²) in [6, 6.07) is 12.6. The van der Waals surface area contributed by atoms with E-state index < -0.39 is 0 Å². The Balaban J connectivity index is 2.22. The summed E-state index contributed by atoms with van der Waals surface area (Å²) in [5.74, 6) is 2.15. The maximum Gasteiger partial charge on any atom is 0.111 e. The molecule has 0 atom stereocenters. The molecule has 0 unspecified atom stereocenters. The largest absolute Gasteiger partial charge is 0.466 e. The second-order valence-corrected chi connectivity index (χ2v) is 4.52. The molecule has 0 amide bonds. The standard InChI is InChI=1S/C16H20O/c1-3-4-6-11-16-15(12-13(2)17-16)14-9-7-5-8-10-14/h5,7-10,12H,3-4,6,11H2,1-2H3. The lowest BCUT2D eigenvalue weighted by atomic mass is 10.0. The molecule has 1 heterocycles. The van der Waals surface area contributed by atoms with Gasteiger partial charge in [-0.2, -0.15) is 0 Å². The fourth-order valence-corrected chi connectivity index (χ4v) is 2.15. The third kappa shape index (κ3) is 3.00. The van der Waals surface area contributed by atoms with Crippen molar-refractivity contribution >= 4 is 0 Å². The van der Waals surface area contributed by atoms with Crippen LogP contribution >= 0.6 is 0 Å². The molecule has 1 aromatic carbocycles. The summed E-state index contributed by atoms with van der Waals surface area (Å²) >= 11 is 0. The van der Waals surface area contributed by atoms with E-state index in [0.717, 1.165) is 17.9 Å². The van der Waals surface area contributed by atoms with Crippen molar-refractivity contribution in [2.75, 3.05) is 0 Å². The van der Waals surface area contributed by atoms with Crippen LogP contribution in [-0.2, 0) is 6.42 Å². The number of hydrogen-bond donors (Lipinski definition) is 0. The lowest BCUT2D eigenvalue weighted by Gasteiger charge is -2.02. The van der Waals surface area contributed by atoms with E-state index in [9.17, 15) is 0 Å². The summed E-state index contributed by atoms with van der Waals surface area (Å²) < 4.78 is 5.82. The Morgan fingerprint density at radius 1 is 1.06 bits per heavy atom. The van der Waals surface area contributed by atoms with Crippen LogP contribution in [0.5, 0.6) is 0 Å². The van der Waals surface area contributed by atoms with E-state index in [-0.39, 0.29) is 0 Å². The first-order valence-electron chi connectivity index (χ1n) is 6.46. The molecule has 0 aliphatic carbocycles. The highest BCUT2D eigenvalue weighted by atomic mass is 16.3. The summed E-state index contributed by atoms with van der Waals surface area (Å²) in [6.45, 7) is 4.25. The van der Waals surface area contributed by atoms with Crippen LogP contribution in [0.25, 0.3) is 11.1 Å². The Morgan fingerprint density at radius 2 is 1.82 bits per heavy atom. The van der Waals surface area contributed by atoms with Crippen LogP contribution in [0.2, 0.25) is 0 Å². The molecule has 0 radical (unpaired) electrons. The highest BCUT2D eigenvalue weighted by molar-refractivity contribution is 5.66. The number of benzene rings is 1. The van der Waals surface area contributed by atoms with E-state index in [1.54, 1.807) is 0 Å². The third-order valence-electron chi connectivity index (χ3n) is 3.02. The van der Waals surface area contributed by atoms with Crippen molar-refractivity contribution in [3.63, 3.8) is 0 Å². The molecular formula is C16H20O. The zero-order valence-corrected chi connectivity index (χ0v) is 10.7. The molecule has 0 saturated heterocycles. The SMILES string of the molecule is CCCCCc1oc(C)cc1-c1ccccc1. The van der Waals surface area contributed by atoms with Gasteiger partial charge in [-0.05, 0) is 25.0 Å². The summed E-state index contributed by atoms with van der Waals surface area (Å²) in [5, 5.41) is 0. The Bertz CT molecular complexity index is 454. The normalized spacial score (nSPS) is 10.7. The molecule has 0 bridgehead atoms. The van der Waals surface area contributed by atoms with Crippen LogP contribution in [-0.4, -0.2) is 0 Å². The fraction of sp³-hybridized carbons (Fsp3) is 0.375. The molecule has 0 N–H and O–H groups in total. The summed E-state index contributed by atoms with van der Waals surface area (Å²) in [6.07, 6.45) is 4.78. The van der Waals surface area contributed by atoms with Crippen LogP contribution in [0.4, 0.5) is 0 Å². The lowest BCUT2D eigenvalue weighted by molar-refractivity contribution is 0.474. The van der Waals surface area contributed by atoms with Gasteiger partial charge in [-0.3, -0.25) is 0 Å². The highest BCUT2D eigenvalue weighted by Crippen LogP contribution is 2.28. The number of unbranched alkanes of at least 4 members (excludes halogenated alkanes) is 2. The second kappa shape index (κ2) is 5.72. The Kier molecular flexibility index (Phi) is 4.03. The van der Waals surface area contributed by atoms with Crippen LogP contribution < -0.4 is 0 Å². The molecule has 0 saturated carbocycles. The number of aryl methyl sites for hydroxylation is 2. The number of hydrogen-bond acceptors (Lipinski definition) is 1. The van der Waals surface area contributed by atoms with Crippen LogP contribution in [0.15, 0.2) is 40.8 Å². The third-order valence-corrected chi connectivity index (χ3v) is 3.02. The van der Waals surface area contributed by atoms with E-state index in [2.05, 4.69) is 37.3 Å². The number of furan rings is 1. The predicted octanol–water partition coefficient (Wildman–Crippen LogP) is 4.99. The van der Waals surface area contributed by atoms with Crippen molar-refractivity contribution in [2.24, 2.45) is 0 Å². The van der Waals surface area contributed by atoms with Gasteiger partial charge in [0.25, 0.3) is 0 Å². The van der Waals surface area contributed by atoms with Gasteiger partial charge >= 0.3 is 0 Å². The topological polar surface area (TPSA) is 13.1 Å². The average Bonchev–Trinajstić information content (AvgIpc) is 2.72. The maximum atomic E-state index is 5.82. The van der Waals surface area contributed by atoms with Crippen molar-refractivity contribution in [3.05, 3.63) is 47.9 Å². The van der Waals surface area contributed by atoms with E-state index in [4.69, 9.17) is 4.42 Å². The Labute approximate surface area is 103 Å². The Hall–Kier alpha value is -1.50. The van der Waals surface area contributed by atoms with E-state index in [1.165, 1.54) is 30.4 Å². The highest BCUT2D eigenvalue weighted by Gasteiger charge is 2.10.